The van der Waals surface area contributed by atoms with Gasteiger partial charge in [0.2, 0.25) is 5.91 Å². The number of hydrogen-bond acceptors (Lipinski definition) is 4. The molecule has 0 fully saturated rings. The van der Waals surface area contributed by atoms with Crippen LogP contribution in [0.3, 0.4) is 0 Å². The van der Waals surface area contributed by atoms with Gasteiger partial charge in [0, 0.05) is 11.1 Å². The van der Waals surface area contributed by atoms with Gasteiger partial charge in [-0.25, -0.2) is 12.8 Å². The van der Waals surface area contributed by atoms with Gasteiger partial charge in [-0.05, 0) is 54.3 Å². The monoisotopic (exact) mass is 482 g/mol. The Morgan fingerprint density at radius 3 is 2.41 bits per heavy atom. The van der Waals surface area contributed by atoms with Crippen LogP contribution in [-0.4, -0.2) is 28.0 Å². The standard InChI is InChI=1S/C26H27FN2O4S/c1-17(2)14-23(18-8-11-20(33-3)12-9-18)28-26(30)16-29-24-13-10-19(27)15-22(24)21-6-4-5-7-25(21)34(29,31)32/h4-13,15,17,23H,14,16H2,1-3H3,(H,28,30)/t23-/m1/s1. The SMILES string of the molecule is COc1ccc([C@@H](CC(C)C)NC(=O)CN2c3ccc(F)cc3-c3ccccc3S2(=O)=O)cc1. The third-order valence-electron chi connectivity index (χ3n) is 5.82. The van der Waals surface area contributed by atoms with Gasteiger partial charge < -0.3 is 10.1 Å². The molecule has 0 spiro atoms. The Bertz CT molecular complexity index is 1310. The molecule has 1 N–H and O–H groups in total. The Hall–Kier alpha value is -3.39. The molecule has 3 aromatic carbocycles. The number of carbonyl (C=O) groups is 1. The van der Waals surface area contributed by atoms with E-state index in [9.17, 15) is 17.6 Å². The molecule has 1 amide bonds. The summed E-state index contributed by atoms with van der Waals surface area (Å²) in [7, 11) is -2.42. The molecule has 3 aromatic rings. The fraction of sp³-hybridized carbons (Fsp3) is 0.269. The molecular formula is C26H27FN2O4S. The summed E-state index contributed by atoms with van der Waals surface area (Å²) in [6.45, 7) is 3.69. The molecule has 0 unspecified atom stereocenters. The van der Waals surface area contributed by atoms with Crippen molar-refractivity contribution in [1.82, 2.24) is 5.32 Å². The number of fused-ring (bicyclic) bond motifs is 3. The van der Waals surface area contributed by atoms with Crippen molar-refractivity contribution >= 4 is 21.6 Å². The summed E-state index contributed by atoms with van der Waals surface area (Å²) in [6, 6.07) is 17.5. The van der Waals surface area contributed by atoms with Crippen molar-refractivity contribution < 1.29 is 22.3 Å². The second-order valence-electron chi connectivity index (χ2n) is 8.69. The van der Waals surface area contributed by atoms with Crippen LogP contribution in [0.5, 0.6) is 5.75 Å². The Balaban J connectivity index is 1.65. The first-order chi connectivity index (χ1) is 16.2. The molecule has 0 saturated carbocycles. The maximum Gasteiger partial charge on any atom is 0.265 e. The number of halogens is 1. The number of hydrogen-bond donors (Lipinski definition) is 1. The number of nitrogens with zero attached hydrogens (tertiary/aromatic N) is 1. The first kappa shape index (κ1) is 23.8. The molecule has 1 aliphatic heterocycles. The molecule has 0 aliphatic carbocycles. The van der Waals surface area contributed by atoms with Crippen LogP contribution in [0.25, 0.3) is 11.1 Å². The summed E-state index contributed by atoms with van der Waals surface area (Å²) in [5.41, 5.74) is 2.04. The van der Waals surface area contributed by atoms with E-state index < -0.39 is 28.3 Å². The minimum Gasteiger partial charge on any atom is -0.497 e. The van der Waals surface area contributed by atoms with Crippen molar-refractivity contribution in [3.63, 3.8) is 0 Å². The highest BCUT2D eigenvalue weighted by molar-refractivity contribution is 7.93. The minimum atomic E-state index is -4.00. The predicted octanol–water partition coefficient (Wildman–Crippen LogP) is 4.91. The Morgan fingerprint density at radius 2 is 1.74 bits per heavy atom. The van der Waals surface area contributed by atoms with Gasteiger partial charge in [0.05, 0.1) is 23.7 Å². The number of carbonyl (C=O) groups excluding carboxylic acids is 1. The molecule has 0 radical (unpaired) electrons. The van der Waals surface area contributed by atoms with E-state index in [-0.39, 0.29) is 16.6 Å². The predicted molar refractivity (Wildman–Crippen MR) is 130 cm³/mol. The lowest BCUT2D eigenvalue weighted by Crippen LogP contribution is -2.43. The number of rotatable bonds is 7. The summed E-state index contributed by atoms with van der Waals surface area (Å²) in [5.74, 6) is 0.0791. The highest BCUT2D eigenvalue weighted by atomic mass is 32.2. The largest absolute Gasteiger partial charge is 0.497 e. The van der Waals surface area contributed by atoms with Gasteiger partial charge in [-0.15, -0.1) is 0 Å². The number of nitrogens with one attached hydrogen (secondary N) is 1. The molecule has 178 valence electrons. The number of anilines is 1. The van der Waals surface area contributed by atoms with E-state index in [0.717, 1.165) is 9.87 Å². The number of sulfonamides is 1. The lowest BCUT2D eigenvalue weighted by Gasteiger charge is -2.32. The zero-order valence-electron chi connectivity index (χ0n) is 19.3. The Kier molecular flexibility index (Phi) is 6.61. The maximum atomic E-state index is 14.0. The molecule has 0 saturated heterocycles. The van der Waals surface area contributed by atoms with Crippen molar-refractivity contribution in [2.75, 3.05) is 18.0 Å². The molecule has 1 atom stereocenters. The van der Waals surface area contributed by atoms with Gasteiger partial charge in [0.1, 0.15) is 18.1 Å². The average molecular weight is 483 g/mol. The van der Waals surface area contributed by atoms with Crippen LogP contribution < -0.4 is 14.4 Å². The molecule has 6 nitrogen and oxygen atoms in total. The van der Waals surface area contributed by atoms with Crippen LogP contribution in [0.4, 0.5) is 10.1 Å². The second-order valence-corrected chi connectivity index (χ2v) is 10.5. The van der Waals surface area contributed by atoms with Crippen molar-refractivity contribution in [1.29, 1.82) is 0 Å². The maximum absolute atomic E-state index is 14.0. The number of benzene rings is 3. The van der Waals surface area contributed by atoms with Crippen LogP contribution in [0.1, 0.15) is 31.9 Å². The fourth-order valence-corrected chi connectivity index (χ4v) is 5.88. The smallest absolute Gasteiger partial charge is 0.265 e. The van der Waals surface area contributed by atoms with Crippen molar-refractivity contribution in [2.24, 2.45) is 5.92 Å². The quantitative estimate of drug-likeness (QED) is 0.519. The van der Waals surface area contributed by atoms with Crippen LogP contribution in [0.15, 0.2) is 71.6 Å². The third kappa shape index (κ3) is 4.63. The summed E-state index contributed by atoms with van der Waals surface area (Å²) in [5, 5.41) is 2.99. The number of methoxy groups -OCH3 is 1. The summed E-state index contributed by atoms with van der Waals surface area (Å²) >= 11 is 0. The Labute approximate surface area is 199 Å². The summed E-state index contributed by atoms with van der Waals surface area (Å²) in [6.07, 6.45) is 0.676. The second kappa shape index (κ2) is 9.46. The van der Waals surface area contributed by atoms with E-state index in [1.165, 1.54) is 24.3 Å². The number of ether oxygens (including phenoxy) is 1. The summed E-state index contributed by atoms with van der Waals surface area (Å²) < 4.78 is 47.2. The molecule has 34 heavy (non-hydrogen) atoms. The molecule has 4 rings (SSSR count). The Morgan fingerprint density at radius 1 is 1.03 bits per heavy atom. The first-order valence-electron chi connectivity index (χ1n) is 11.1. The summed E-state index contributed by atoms with van der Waals surface area (Å²) in [4.78, 5) is 13.2. The molecule has 0 bridgehead atoms. The third-order valence-corrected chi connectivity index (χ3v) is 7.64. The van der Waals surface area contributed by atoms with E-state index >= 15 is 0 Å². The van der Waals surface area contributed by atoms with Gasteiger partial charge in [-0.3, -0.25) is 9.10 Å². The molecular weight excluding hydrogens is 455 g/mol. The van der Waals surface area contributed by atoms with Crippen molar-refractivity contribution in [3.05, 3.63) is 78.1 Å². The van der Waals surface area contributed by atoms with E-state index in [1.807, 2.05) is 24.3 Å². The van der Waals surface area contributed by atoms with Crippen LogP contribution in [-0.2, 0) is 14.8 Å². The average Bonchev–Trinajstić information content (AvgIpc) is 2.81. The van der Waals surface area contributed by atoms with Gasteiger partial charge in [0.25, 0.3) is 10.0 Å². The van der Waals surface area contributed by atoms with Crippen LogP contribution in [0.2, 0.25) is 0 Å². The number of amides is 1. The van der Waals surface area contributed by atoms with Gasteiger partial charge in [-0.1, -0.05) is 44.2 Å². The van der Waals surface area contributed by atoms with Gasteiger partial charge >= 0.3 is 0 Å². The highest BCUT2D eigenvalue weighted by Crippen LogP contribution is 2.43. The van der Waals surface area contributed by atoms with E-state index in [4.69, 9.17) is 4.74 Å². The molecule has 1 aliphatic rings. The molecule has 8 heteroatoms. The lowest BCUT2D eigenvalue weighted by molar-refractivity contribution is -0.120. The first-order valence-corrected chi connectivity index (χ1v) is 12.5. The van der Waals surface area contributed by atoms with Crippen LogP contribution in [0, 0.1) is 11.7 Å². The van der Waals surface area contributed by atoms with Gasteiger partial charge in [0.15, 0.2) is 0 Å². The fourth-order valence-electron chi connectivity index (χ4n) is 4.23. The molecule has 0 aromatic heterocycles. The minimum absolute atomic E-state index is 0.0507. The van der Waals surface area contributed by atoms with E-state index in [1.54, 1.807) is 25.3 Å². The van der Waals surface area contributed by atoms with E-state index in [2.05, 4.69) is 19.2 Å². The highest BCUT2D eigenvalue weighted by Gasteiger charge is 2.36. The van der Waals surface area contributed by atoms with Crippen molar-refractivity contribution in [2.45, 2.75) is 31.2 Å². The zero-order chi connectivity index (χ0) is 24.5. The molecule has 1 heterocycles. The van der Waals surface area contributed by atoms with Gasteiger partial charge in [-0.2, -0.15) is 0 Å². The lowest BCUT2D eigenvalue weighted by atomic mass is 9.97. The zero-order valence-corrected chi connectivity index (χ0v) is 20.1. The van der Waals surface area contributed by atoms with Crippen LogP contribution >= 0.6 is 0 Å². The topological polar surface area (TPSA) is 75.7 Å². The van der Waals surface area contributed by atoms with E-state index in [0.29, 0.717) is 29.2 Å². The normalized spacial score (nSPS) is 14.8. The van der Waals surface area contributed by atoms with Crippen molar-refractivity contribution in [3.8, 4) is 16.9 Å².